The average Bonchev–Trinajstić information content (AvgIpc) is 2.83. The van der Waals surface area contributed by atoms with Crippen molar-refractivity contribution in [2.24, 2.45) is 0 Å². The Balaban J connectivity index is 1.81. The SMILES string of the molecule is CCOC(=O)C(C)(Oc1ccccc1OC)C(O)c1ccc(OCc2ccccc2)cc1. The van der Waals surface area contributed by atoms with E-state index in [1.54, 1.807) is 55.5 Å². The number of carbonyl (C=O) groups is 1. The molecule has 0 aliphatic carbocycles. The molecule has 2 unspecified atom stereocenters. The van der Waals surface area contributed by atoms with Gasteiger partial charge in [-0.3, -0.25) is 0 Å². The molecule has 2 atom stereocenters. The molecule has 1 N–H and O–H groups in total. The van der Waals surface area contributed by atoms with Crippen molar-refractivity contribution in [3.63, 3.8) is 0 Å². The van der Waals surface area contributed by atoms with Crippen molar-refractivity contribution < 1.29 is 28.8 Å². The van der Waals surface area contributed by atoms with Gasteiger partial charge in [0.05, 0.1) is 13.7 Å². The first-order valence-corrected chi connectivity index (χ1v) is 10.4. The molecule has 0 bridgehead atoms. The van der Waals surface area contributed by atoms with E-state index in [0.717, 1.165) is 5.56 Å². The number of aliphatic hydroxyl groups excluding tert-OH is 1. The Morgan fingerprint density at radius 3 is 2.19 bits per heavy atom. The van der Waals surface area contributed by atoms with Gasteiger partial charge >= 0.3 is 5.97 Å². The fraction of sp³-hybridized carbons (Fsp3) is 0.269. The summed E-state index contributed by atoms with van der Waals surface area (Å²) in [5.41, 5.74) is -0.156. The van der Waals surface area contributed by atoms with Crippen molar-refractivity contribution in [1.29, 1.82) is 0 Å². The van der Waals surface area contributed by atoms with Crippen LogP contribution in [0.3, 0.4) is 0 Å². The summed E-state index contributed by atoms with van der Waals surface area (Å²) in [6.45, 7) is 3.79. The van der Waals surface area contributed by atoms with Gasteiger partial charge in [-0.15, -0.1) is 0 Å². The van der Waals surface area contributed by atoms with Crippen LogP contribution in [-0.4, -0.2) is 30.4 Å². The molecule has 0 heterocycles. The van der Waals surface area contributed by atoms with E-state index < -0.39 is 17.7 Å². The zero-order valence-corrected chi connectivity index (χ0v) is 18.5. The van der Waals surface area contributed by atoms with Crippen molar-refractivity contribution in [2.75, 3.05) is 13.7 Å². The molecule has 3 aromatic carbocycles. The average molecular weight is 437 g/mol. The van der Waals surface area contributed by atoms with E-state index >= 15 is 0 Å². The Kier molecular flexibility index (Phi) is 7.73. The van der Waals surface area contributed by atoms with Crippen LogP contribution in [0.2, 0.25) is 0 Å². The molecule has 0 saturated heterocycles. The molecule has 0 spiro atoms. The molecule has 0 saturated carbocycles. The van der Waals surface area contributed by atoms with E-state index in [0.29, 0.717) is 29.4 Å². The largest absolute Gasteiger partial charge is 0.493 e. The summed E-state index contributed by atoms with van der Waals surface area (Å²) in [5.74, 6) is 0.739. The van der Waals surface area contributed by atoms with Crippen LogP contribution in [0.5, 0.6) is 17.2 Å². The summed E-state index contributed by atoms with van der Waals surface area (Å²) >= 11 is 0. The van der Waals surface area contributed by atoms with E-state index in [9.17, 15) is 9.90 Å². The lowest BCUT2D eigenvalue weighted by Gasteiger charge is -2.33. The zero-order valence-electron chi connectivity index (χ0n) is 18.5. The minimum atomic E-state index is -1.70. The molecule has 0 amide bonds. The van der Waals surface area contributed by atoms with Gasteiger partial charge in [-0.1, -0.05) is 54.6 Å². The Morgan fingerprint density at radius 1 is 0.938 bits per heavy atom. The van der Waals surface area contributed by atoms with Gasteiger partial charge in [-0.05, 0) is 49.2 Å². The van der Waals surface area contributed by atoms with Gasteiger partial charge in [0, 0.05) is 0 Å². The van der Waals surface area contributed by atoms with Crippen molar-refractivity contribution >= 4 is 5.97 Å². The number of methoxy groups -OCH3 is 1. The highest BCUT2D eigenvalue weighted by molar-refractivity contribution is 5.81. The summed E-state index contributed by atoms with van der Waals surface area (Å²) in [4.78, 5) is 12.8. The predicted octanol–water partition coefficient (Wildman–Crippen LogP) is 4.71. The number of benzene rings is 3. The van der Waals surface area contributed by atoms with Crippen LogP contribution >= 0.6 is 0 Å². The Bertz CT molecular complexity index is 1000. The molecule has 168 valence electrons. The second-order valence-electron chi connectivity index (χ2n) is 7.33. The Morgan fingerprint density at radius 2 is 1.56 bits per heavy atom. The molecular formula is C26H28O6. The van der Waals surface area contributed by atoms with Gasteiger partial charge in [0.25, 0.3) is 0 Å². The van der Waals surface area contributed by atoms with E-state index in [1.165, 1.54) is 14.0 Å². The number of rotatable bonds is 10. The van der Waals surface area contributed by atoms with Gasteiger partial charge < -0.3 is 24.1 Å². The van der Waals surface area contributed by atoms with Crippen LogP contribution < -0.4 is 14.2 Å². The van der Waals surface area contributed by atoms with Gasteiger partial charge in [0.1, 0.15) is 18.5 Å². The fourth-order valence-corrected chi connectivity index (χ4v) is 3.22. The number of carbonyl (C=O) groups excluding carboxylic acids is 1. The molecule has 6 heteroatoms. The van der Waals surface area contributed by atoms with Crippen molar-refractivity contribution in [2.45, 2.75) is 32.2 Å². The fourth-order valence-electron chi connectivity index (χ4n) is 3.22. The van der Waals surface area contributed by atoms with E-state index in [4.69, 9.17) is 18.9 Å². The zero-order chi connectivity index (χ0) is 23.0. The third kappa shape index (κ3) is 5.39. The number of para-hydroxylation sites is 2. The smallest absolute Gasteiger partial charge is 0.353 e. The standard InChI is InChI=1S/C26H28O6/c1-4-30-25(28)26(2,32-23-13-9-8-12-22(23)29-3)24(27)20-14-16-21(17-15-20)31-18-19-10-6-5-7-11-19/h5-17,24,27H,4,18H2,1-3H3. The van der Waals surface area contributed by atoms with E-state index in [2.05, 4.69) is 0 Å². The lowest BCUT2D eigenvalue weighted by Crippen LogP contribution is -2.48. The number of aliphatic hydroxyl groups is 1. The van der Waals surface area contributed by atoms with Crippen molar-refractivity contribution in [1.82, 2.24) is 0 Å². The summed E-state index contributed by atoms with van der Waals surface area (Å²) < 4.78 is 22.4. The topological polar surface area (TPSA) is 74.2 Å². The molecule has 3 rings (SSSR count). The molecule has 0 fully saturated rings. The normalized spacial score (nSPS) is 13.5. The predicted molar refractivity (Wildman–Crippen MR) is 121 cm³/mol. The van der Waals surface area contributed by atoms with Gasteiger partial charge in [-0.2, -0.15) is 0 Å². The Hall–Kier alpha value is -3.51. The van der Waals surface area contributed by atoms with Gasteiger partial charge in [-0.25, -0.2) is 4.79 Å². The van der Waals surface area contributed by atoms with Crippen LogP contribution in [0.1, 0.15) is 31.1 Å². The third-order valence-corrected chi connectivity index (χ3v) is 5.04. The number of hydrogen-bond donors (Lipinski definition) is 1. The van der Waals surface area contributed by atoms with Crippen LogP contribution in [0, 0.1) is 0 Å². The second kappa shape index (κ2) is 10.7. The molecule has 0 aliphatic rings. The maximum absolute atomic E-state index is 12.8. The first-order chi connectivity index (χ1) is 15.5. The maximum Gasteiger partial charge on any atom is 0.353 e. The Labute approximate surface area is 188 Å². The van der Waals surface area contributed by atoms with Crippen LogP contribution in [0.25, 0.3) is 0 Å². The maximum atomic E-state index is 12.8. The number of ether oxygens (including phenoxy) is 4. The second-order valence-corrected chi connectivity index (χ2v) is 7.33. The van der Waals surface area contributed by atoms with Crippen LogP contribution in [-0.2, 0) is 16.1 Å². The van der Waals surface area contributed by atoms with Gasteiger partial charge in [0.15, 0.2) is 11.5 Å². The third-order valence-electron chi connectivity index (χ3n) is 5.04. The quantitative estimate of drug-likeness (QED) is 0.464. The molecule has 0 aromatic heterocycles. The lowest BCUT2D eigenvalue weighted by molar-refractivity contribution is -0.171. The van der Waals surface area contributed by atoms with Crippen LogP contribution in [0.4, 0.5) is 0 Å². The van der Waals surface area contributed by atoms with Crippen molar-refractivity contribution in [3.8, 4) is 17.2 Å². The van der Waals surface area contributed by atoms with E-state index in [1.807, 2.05) is 30.3 Å². The monoisotopic (exact) mass is 436 g/mol. The lowest BCUT2D eigenvalue weighted by atomic mass is 9.92. The first kappa shape index (κ1) is 23.2. The van der Waals surface area contributed by atoms with Crippen LogP contribution in [0.15, 0.2) is 78.9 Å². The molecule has 0 radical (unpaired) electrons. The molecule has 3 aromatic rings. The molecular weight excluding hydrogens is 408 g/mol. The van der Waals surface area contributed by atoms with E-state index in [-0.39, 0.29) is 6.61 Å². The summed E-state index contributed by atoms with van der Waals surface area (Å²) in [6.07, 6.45) is -1.30. The summed E-state index contributed by atoms with van der Waals surface area (Å²) in [5, 5.41) is 11.2. The number of esters is 1. The highest BCUT2D eigenvalue weighted by atomic mass is 16.6. The molecule has 32 heavy (non-hydrogen) atoms. The molecule has 6 nitrogen and oxygen atoms in total. The molecule has 0 aliphatic heterocycles. The highest BCUT2D eigenvalue weighted by Gasteiger charge is 2.46. The van der Waals surface area contributed by atoms with Crippen molar-refractivity contribution in [3.05, 3.63) is 90.0 Å². The first-order valence-electron chi connectivity index (χ1n) is 10.4. The summed E-state index contributed by atoms with van der Waals surface area (Å²) in [7, 11) is 1.51. The summed E-state index contributed by atoms with van der Waals surface area (Å²) in [6, 6.07) is 23.7. The minimum absolute atomic E-state index is 0.155. The number of hydrogen-bond acceptors (Lipinski definition) is 6. The minimum Gasteiger partial charge on any atom is -0.493 e. The van der Waals surface area contributed by atoms with Gasteiger partial charge in [0.2, 0.25) is 5.60 Å². The highest BCUT2D eigenvalue weighted by Crippen LogP contribution is 2.36.